The van der Waals surface area contributed by atoms with Crippen LogP contribution in [0.3, 0.4) is 0 Å². The average molecular weight is 624 g/mol. The Labute approximate surface area is 286 Å². The number of allylic oxidation sites excluding steroid dienone is 11. The predicted molar refractivity (Wildman–Crippen MR) is 209 cm³/mol. The summed E-state index contributed by atoms with van der Waals surface area (Å²) in [5.74, 6) is 0.594. The van der Waals surface area contributed by atoms with E-state index in [1.807, 2.05) is 13.8 Å². The van der Waals surface area contributed by atoms with Gasteiger partial charge in [0, 0.05) is 29.6 Å². The zero-order valence-electron chi connectivity index (χ0n) is 31.9. The highest BCUT2D eigenvalue weighted by Crippen LogP contribution is 2.55. The van der Waals surface area contributed by atoms with E-state index in [1.165, 1.54) is 72.1 Å². The Hall–Kier alpha value is -2.80. The van der Waals surface area contributed by atoms with Crippen LogP contribution in [0.15, 0.2) is 96.8 Å². The van der Waals surface area contributed by atoms with Gasteiger partial charge in [-0.25, -0.2) is 0 Å². The Morgan fingerprint density at radius 2 is 1.52 bits per heavy atom. The Balaban J connectivity index is 0.000000305. The predicted octanol–water partition coefficient (Wildman–Crippen LogP) is 13.8. The minimum atomic E-state index is 0.0871. The highest BCUT2D eigenvalue weighted by Gasteiger charge is 2.42. The summed E-state index contributed by atoms with van der Waals surface area (Å²) in [6, 6.07) is 8.92. The first-order valence-corrected chi connectivity index (χ1v) is 18.4. The summed E-state index contributed by atoms with van der Waals surface area (Å²) < 4.78 is 0. The molecule has 1 nitrogen and oxygen atoms in total. The highest BCUT2D eigenvalue weighted by atomic mass is 15.1. The number of hydrogen-bond donors (Lipinski definition) is 0. The van der Waals surface area contributed by atoms with E-state index in [4.69, 9.17) is 0 Å². The second-order valence-electron chi connectivity index (χ2n) is 14.5. The van der Waals surface area contributed by atoms with Crippen LogP contribution in [0.2, 0.25) is 0 Å². The molecule has 1 heterocycles. The van der Waals surface area contributed by atoms with Gasteiger partial charge in [-0.2, -0.15) is 0 Å². The van der Waals surface area contributed by atoms with Gasteiger partial charge >= 0.3 is 0 Å². The van der Waals surface area contributed by atoms with Gasteiger partial charge in [0.05, 0.1) is 0 Å². The maximum absolute atomic E-state index is 4.33. The molecular weight excluding hydrogens is 555 g/mol. The molecule has 0 spiro atoms. The van der Waals surface area contributed by atoms with Crippen LogP contribution in [-0.2, 0) is 0 Å². The fourth-order valence-corrected chi connectivity index (χ4v) is 7.70. The van der Waals surface area contributed by atoms with E-state index >= 15 is 0 Å². The Morgan fingerprint density at radius 3 is 1.98 bits per heavy atom. The van der Waals surface area contributed by atoms with Crippen molar-refractivity contribution in [1.29, 1.82) is 0 Å². The number of hydrogen-bond acceptors (Lipinski definition) is 1. The van der Waals surface area contributed by atoms with Crippen molar-refractivity contribution in [2.24, 2.45) is 22.2 Å². The topological polar surface area (TPSA) is 3.24 Å². The van der Waals surface area contributed by atoms with Crippen LogP contribution >= 0.6 is 0 Å². The molecule has 0 N–H and O–H groups in total. The summed E-state index contributed by atoms with van der Waals surface area (Å²) in [7, 11) is 0. The van der Waals surface area contributed by atoms with Gasteiger partial charge in [0.25, 0.3) is 0 Å². The van der Waals surface area contributed by atoms with Crippen molar-refractivity contribution < 1.29 is 0 Å². The first-order chi connectivity index (χ1) is 21.8. The molecule has 1 heteroatoms. The van der Waals surface area contributed by atoms with E-state index in [9.17, 15) is 0 Å². The third kappa shape index (κ3) is 8.76. The SMILES string of the molecule is C=C(C(C)CC)N1CCC(C(=C)C)(C2=CCCC=C2)CC1.C=C(C)c1ccc(C2=CCC(C)(CC)/C(=C\CC)C2(C)C)cc1.CC. The molecule has 0 bridgehead atoms. The summed E-state index contributed by atoms with van der Waals surface area (Å²) in [5, 5.41) is 0. The lowest BCUT2D eigenvalue weighted by Crippen LogP contribution is -2.41. The van der Waals surface area contributed by atoms with Crippen LogP contribution in [0.5, 0.6) is 0 Å². The third-order valence-electron chi connectivity index (χ3n) is 11.2. The van der Waals surface area contributed by atoms with Crippen molar-refractivity contribution in [3.05, 3.63) is 108 Å². The van der Waals surface area contributed by atoms with E-state index < -0.39 is 0 Å². The van der Waals surface area contributed by atoms with Crippen molar-refractivity contribution in [3.63, 3.8) is 0 Å². The van der Waals surface area contributed by atoms with Crippen molar-refractivity contribution in [1.82, 2.24) is 4.90 Å². The summed E-state index contributed by atoms with van der Waals surface area (Å²) >= 11 is 0. The lowest BCUT2D eigenvalue weighted by molar-refractivity contribution is 0.178. The van der Waals surface area contributed by atoms with Crippen molar-refractivity contribution in [3.8, 4) is 0 Å². The van der Waals surface area contributed by atoms with E-state index in [2.05, 4.69) is 142 Å². The highest BCUT2D eigenvalue weighted by molar-refractivity contribution is 5.76. The van der Waals surface area contributed by atoms with Gasteiger partial charge in [-0.3, -0.25) is 0 Å². The maximum Gasteiger partial charge on any atom is 0.0186 e. The quantitative estimate of drug-likeness (QED) is 0.247. The first kappa shape index (κ1) is 39.4. The van der Waals surface area contributed by atoms with E-state index in [0.29, 0.717) is 11.3 Å². The zero-order chi connectivity index (χ0) is 34.7. The number of likely N-dealkylation sites (tertiary alicyclic amines) is 1. The lowest BCUT2D eigenvalue weighted by atomic mass is 9.58. The first-order valence-electron chi connectivity index (χ1n) is 18.4. The van der Waals surface area contributed by atoms with Crippen LogP contribution < -0.4 is 0 Å². The Kier molecular flexibility index (Phi) is 14.9. The molecule has 2 unspecified atom stereocenters. The molecule has 0 amide bonds. The van der Waals surface area contributed by atoms with Gasteiger partial charge in [-0.1, -0.05) is 153 Å². The number of piperidine rings is 1. The number of rotatable bonds is 9. The molecule has 1 saturated heterocycles. The van der Waals surface area contributed by atoms with Crippen LogP contribution in [0.4, 0.5) is 0 Å². The molecule has 4 rings (SSSR count). The smallest absolute Gasteiger partial charge is 0.0186 e. The second-order valence-corrected chi connectivity index (χ2v) is 14.5. The summed E-state index contributed by atoms with van der Waals surface area (Å²) in [6.45, 7) is 39.5. The summed E-state index contributed by atoms with van der Waals surface area (Å²) in [6.07, 6.45) is 21.4. The van der Waals surface area contributed by atoms with Gasteiger partial charge in [0.15, 0.2) is 0 Å². The molecule has 3 aliphatic rings. The number of nitrogens with zero attached hydrogens (tertiary/aromatic N) is 1. The van der Waals surface area contributed by atoms with Crippen molar-refractivity contribution in [2.75, 3.05) is 13.1 Å². The van der Waals surface area contributed by atoms with Crippen molar-refractivity contribution >= 4 is 11.1 Å². The Morgan fingerprint density at radius 1 is 0.913 bits per heavy atom. The second kappa shape index (κ2) is 17.4. The average Bonchev–Trinajstić information content (AvgIpc) is 3.07. The largest absolute Gasteiger partial charge is 0.375 e. The summed E-state index contributed by atoms with van der Waals surface area (Å²) in [5.41, 5.74) is 11.5. The van der Waals surface area contributed by atoms with E-state index in [1.54, 1.807) is 5.57 Å². The molecule has 2 aliphatic carbocycles. The molecule has 254 valence electrons. The molecule has 1 aromatic carbocycles. The molecule has 1 aliphatic heterocycles. The minimum Gasteiger partial charge on any atom is -0.375 e. The van der Waals surface area contributed by atoms with Crippen LogP contribution in [0.1, 0.15) is 139 Å². The molecule has 1 fully saturated rings. The van der Waals surface area contributed by atoms with Gasteiger partial charge in [0.1, 0.15) is 0 Å². The van der Waals surface area contributed by atoms with Gasteiger partial charge in [-0.15, -0.1) is 0 Å². The minimum absolute atomic E-state index is 0.0871. The van der Waals surface area contributed by atoms with Crippen molar-refractivity contribution in [2.45, 2.75) is 128 Å². The van der Waals surface area contributed by atoms with Gasteiger partial charge in [0.2, 0.25) is 0 Å². The molecular formula is C45H69N. The normalized spacial score (nSPS) is 23.1. The summed E-state index contributed by atoms with van der Waals surface area (Å²) in [4.78, 5) is 2.50. The molecule has 46 heavy (non-hydrogen) atoms. The monoisotopic (exact) mass is 624 g/mol. The third-order valence-corrected chi connectivity index (χ3v) is 11.2. The van der Waals surface area contributed by atoms with Crippen LogP contribution in [-0.4, -0.2) is 18.0 Å². The fraction of sp³-hybridized carbons (Fsp3) is 0.556. The van der Waals surface area contributed by atoms with Gasteiger partial charge < -0.3 is 4.90 Å². The molecule has 0 saturated carbocycles. The van der Waals surface area contributed by atoms with E-state index in [-0.39, 0.29) is 10.8 Å². The zero-order valence-corrected chi connectivity index (χ0v) is 31.9. The number of benzene rings is 1. The lowest BCUT2D eigenvalue weighted by Gasteiger charge is -2.46. The van der Waals surface area contributed by atoms with Gasteiger partial charge in [-0.05, 0) is 98.8 Å². The standard InChI is InChI=1S/C23H32.C20H31N.C2H6/c1-8-10-21-22(5,6)20(15-16-23(21,7)9-2)19-13-11-18(12-14-19)17(3)4;1-6-17(4)18(5)21-14-12-20(13-15-21,16(2)3)19-10-8-7-9-11-19;1-2/h10-15H,3,8-9,16H2,1-2,4-7H3;8,10-11,17H,2,5-7,9,12-15H2,1,3-4H3;1-2H3/b21-10-;;. The molecule has 0 aromatic heterocycles. The molecule has 2 atom stereocenters. The molecule has 1 aromatic rings. The van der Waals surface area contributed by atoms with E-state index in [0.717, 1.165) is 31.5 Å². The maximum atomic E-state index is 4.33. The van der Waals surface area contributed by atoms with Crippen LogP contribution in [0.25, 0.3) is 11.1 Å². The Bertz CT molecular complexity index is 1300. The fourth-order valence-electron chi connectivity index (χ4n) is 7.70. The molecule has 0 radical (unpaired) electrons. The van der Waals surface area contributed by atoms with Crippen LogP contribution in [0, 0.1) is 22.2 Å².